The molecule has 302 valence electrons. The maximum absolute atomic E-state index is 14.0. The lowest BCUT2D eigenvalue weighted by atomic mass is 9.85. The number of aliphatic hydroxyl groups is 1. The number of anilines is 2. The molecule has 2 saturated heterocycles. The second-order valence-electron chi connectivity index (χ2n) is 15.3. The number of phenols is 1. The van der Waals surface area contributed by atoms with E-state index in [1.54, 1.807) is 72.9 Å². The van der Waals surface area contributed by atoms with Crippen molar-refractivity contribution in [3.8, 4) is 27.4 Å². The topological polar surface area (TPSA) is 216 Å². The molecule has 16 nitrogen and oxygen atoms in total. The molecule has 4 aromatic rings. The van der Waals surface area contributed by atoms with Gasteiger partial charge in [0.05, 0.1) is 33.6 Å². The number of aromatic hydroxyl groups is 1. The van der Waals surface area contributed by atoms with Crippen molar-refractivity contribution in [3.63, 3.8) is 0 Å². The van der Waals surface area contributed by atoms with Crippen molar-refractivity contribution in [1.82, 2.24) is 35.6 Å². The first-order valence-electron chi connectivity index (χ1n) is 18.8. The number of likely N-dealkylation sites (tertiary alicyclic amines) is 1. The van der Waals surface area contributed by atoms with Crippen molar-refractivity contribution >= 4 is 46.5 Å². The summed E-state index contributed by atoms with van der Waals surface area (Å²) in [5.74, 6) is -1.49. The molecule has 2 aromatic carbocycles. The number of carbonyl (C=O) groups excluding carboxylic acids is 4. The van der Waals surface area contributed by atoms with Crippen LogP contribution < -0.4 is 21.3 Å². The van der Waals surface area contributed by atoms with E-state index >= 15 is 0 Å². The van der Waals surface area contributed by atoms with E-state index < -0.39 is 47.9 Å². The molecule has 0 radical (unpaired) electrons. The third-order valence-corrected chi connectivity index (χ3v) is 11.1. The lowest BCUT2D eigenvalue weighted by molar-refractivity contribution is -0.145. The first-order chi connectivity index (χ1) is 27.2. The summed E-state index contributed by atoms with van der Waals surface area (Å²) < 4.78 is 5.51. The summed E-state index contributed by atoms with van der Waals surface area (Å²) in [6.45, 7) is 8.38. The number of β-amino-alcohol motifs (C(OH)–C–C–N with tert-alkyl or cyclic N) is 1. The minimum absolute atomic E-state index is 0.0530. The normalized spacial score (nSPS) is 17.7. The van der Waals surface area contributed by atoms with Crippen molar-refractivity contribution in [2.24, 2.45) is 5.41 Å². The average molecular weight is 800 g/mol. The number of para-hydroxylation sites is 1. The molecule has 3 atom stereocenters. The number of nitrogens with one attached hydrogen (secondary N) is 2. The number of phenolic OH excluding ortho intramolecular Hbond substituents is 1. The number of thiazole rings is 1. The summed E-state index contributed by atoms with van der Waals surface area (Å²) in [5, 5.41) is 34.7. The van der Waals surface area contributed by atoms with Crippen molar-refractivity contribution in [2.45, 2.75) is 58.8 Å². The van der Waals surface area contributed by atoms with Crippen molar-refractivity contribution in [1.29, 1.82) is 0 Å². The monoisotopic (exact) mass is 799 g/mol. The smallest absolute Gasteiger partial charge is 0.248 e. The molecule has 0 unspecified atom stereocenters. The molecule has 2 fully saturated rings. The Morgan fingerprint density at radius 2 is 1.74 bits per heavy atom. The number of aryl methyl sites for hydroxylation is 1. The van der Waals surface area contributed by atoms with Gasteiger partial charge in [0.25, 0.3) is 0 Å². The molecule has 6 rings (SSSR count). The Balaban J connectivity index is 0.978. The third-order valence-electron chi connectivity index (χ3n) is 10.1. The van der Waals surface area contributed by atoms with Gasteiger partial charge in [0, 0.05) is 51.3 Å². The number of nitrogens with zero attached hydrogens (tertiary/aromatic N) is 6. The molecule has 2 aromatic heterocycles. The highest BCUT2D eigenvalue weighted by atomic mass is 32.1. The Kier molecular flexibility index (Phi) is 12.7. The molecule has 0 aliphatic carbocycles. The van der Waals surface area contributed by atoms with Crippen LogP contribution in [0.2, 0.25) is 0 Å². The molecule has 0 bridgehead atoms. The van der Waals surface area contributed by atoms with Gasteiger partial charge in [0.15, 0.2) is 5.82 Å². The molecule has 2 aliphatic rings. The number of amides is 4. The van der Waals surface area contributed by atoms with Gasteiger partial charge in [0.2, 0.25) is 23.6 Å². The molecule has 2 aliphatic heterocycles. The number of aromatic nitrogens is 3. The Bertz CT molecular complexity index is 2080. The van der Waals surface area contributed by atoms with Gasteiger partial charge in [-0.3, -0.25) is 19.2 Å². The van der Waals surface area contributed by atoms with E-state index in [1.165, 1.54) is 4.90 Å². The number of carbonyl (C=O) groups is 4. The lowest BCUT2D eigenvalue weighted by Gasteiger charge is -2.36. The second kappa shape index (κ2) is 17.7. The molecule has 0 spiro atoms. The minimum atomic E-state index is -1.04. The van der Waals surface area contributed by atoms with E-state index in [0.717, 1.165) is 21.7 Å². The fourth-order valence-electron chi connectivity index (χ4n) is 6.97. The Hall–Kier alpha value is -5.65. The molecule has 6 N–H and O–H groups in total. The average Bonchev–Trinajstić information content (AvgIpc) is 3.81. The van der Waals surface area contributed by atoms with Gasteiger partial charge < -0.3 is 46.0 Å². The number of aliphatic hydroxyl groups excluding tert-OH is 1. The maximum Gasteiger partial charge on any atom is 0.248 e. The third kappa shape index (κ3) is 9.84. The quantitative estimate of drug-likeness (QED) is 0.140. The van der Waals surface area contributed by atoms with Crippen LogP contribution in [-0.2, 0) is 30.5 Å². The predicted octanol–water partition coefficient (Wildman–Crippen LogP) is 2.34. The van der Waals surface area contributed by atoms with Gasteiger partial charge in [-0.1, -0.05) is 57.2 Å². The zero-order valence-electron chi connectivity index (χ0n) is 32.5. The largest absolute Gasteiger partial charge is 0.507 e. The number of hydrogen-bond donors (Lipinski definition) is 5. The standard InChI is InChI=1S/C40H49N9O7S/c1-24-35(57-23-43-24)26-11-9-25(10-12-26)19-42-38(54)31-17-27(50)20-49(31)39(55)36(40(2,3)4)44-33(52)21-56-22-34(53)48-15-13-47(14-16-48)30-18-29(45-46-37(30)41)28-7-5-6-8-32(28)51/h5-12,18,23,27,31,36,50-51H,13-17,19-22H2,1-4H3,(H2,41,46)(H,42,54)(H,44,52)/t27-,31+,36-/m1/s1. The molecule has 4 heterocycles. The van der Waals surface area contributed by atoms with Gasteiger partial charge in [-0.15, -0.1) is 21.5 Å². The van der Waals surface area contributed by atoms with Gasteiger partial charge in [-0.05, 0) is 41.7 Å². The highest BCUT2D eigenvalue weighted by Crippen LogP contribution is 2.32. The number of piperazine rings is 1. The fourth-order valence-corrected chi connectivity index (χ4v) is 7.78. The van der Waals surface area contributed by atoms with Crippen LogP contribution in [0.15, 0.2) is 60.1 Å². The highest BCUT2D eigenvalue weighted by Gasteiger charge is 2.44. The minimum Gasteiger partial charge on any atom is -0.507 e. The van der Waals surface area contributed by atoms with Crippen LogP contribution in [-0.4, -0.2) is 123 Å². The first kappa shape index (κ1) is 41.0. The summed E-state index contributed by atoms with van der Waals surface area (Å²) in [5.41, 5.74) is 11.7. The van der Waals surface area contributed by atoms with Crippen molar-refractivity contribution in [3.05, 3.63) is 71.4 Å². The van der Waals surface area contributed by atoms with Crippen molar-refractivity contribution in [2.75, 3.05) is 56.6 Å². The number of ether oxygens (including phenoxy) is 1. The summed E-state index contributed by atoms with van der Waals surface area (Å²) in [7, 11) is 0. The van der Waals surface area contributed by atoms with E-state index in [9.17, 15) is 29.4 Å². The second-order valence-corrected chi connectivity index (χ2v) is 16.2. The Labute approximate surface area is 335 Å². The number of rotatable bonds is 12. The van der Waals surface area contributed by atoms with E-state index in [4.69, 9.17) is 10.5 Å². The zero-order chi connectivity index (χ0) is 40.9. The SMILES string of the molecule is Cc1ncsc1-c1ccc(CNC(=O)[C@@H]2C[C@@H](O)CN2C(=O)[C@@H](NC(=O)COCC(=O)N2CCN(c3cc(-c4ccccc4O)nnc3N)CC2)C(C)(C)C)cc1. The molecule has 57 heavy (non-hydrogen) atoms. The molecule has 17 heteroatoms. The number of nitrogen functional groups attached to an aromatic ring is 1. The maximum atomic E-state index is 14.0. The molecule has 4 amide bonds. The molecular weight excluding hydrogens is 751 g/mol. The van der Waals surface area contributed by atoms with E-state index in [0.29, 0.717) is 43.1 Å². The van der Waals surface area contributed by atoms with Crippen LogP contribution in [0.4, 0.5) is 11.5 Å². The lowest BCUT2D eigenvalue weighted by Crippen LogP contribution is -2.58. The Morgan fingerprint density at radius 3 is 2.40 bits per heavy atom. The summed E-state index contributed by atoms with van der Waals surface area (Å²) in [4.78, 5) is 63.9. The van der Waals surface area contributed by atoms with Crippen LogP contribution in [0.1, 0.15) is 38.4 Å². The highest BCUT2D eigenvalue weighted by molar-refractivity contribution is 7.13. The summed E-state index contributed by atoms with van der Waals surface area (Å²) >= 11 is 1.56. The summed E-state index contributed by atoms with van der Waals surface area (Å²) in [6.07, 6.45) is -0.837. The van der Waals surface area contributed by atoms with E-state index in [-0.39, 0.29) is 43.6 Å². The predicted molar refractivity (Wildman–Crippen MR) is 215 cm³/mol. The summed E-state index contributed by atoms with van der Waals surface area (Å²) in [6, 6.07) is 14.4. The van der Waals surface area contributed by atoms with Gasteiger partial charge in [-0.25, -0.2) is 4.98 Å². The zero-order valence-corrected chi connectivity index (χ0v) is 33.3. The molecular formula is C40H49N9O7S. The van der Waals surface area contributed by atoms with Gasteiger partial charge in [-0.2, -0.15) is 0 Å². The van der Waals surface area contributed by atoms with Gasteiger partial charge >= 0.3 is 0 Å². The first-order valence-corrected chi connectivity index (χ1v) is 19.6. The molecule has 0 saturated carbocycles. The van der Waals surface area contributed by atoms with E-state index in [1.807, 2.05) is 36.1 Å². The van der Waals surface area contributed by atoms with Crippen molar-refractivity contribution < 1.29 is 34.1 Å². The van der Waals surface area contributed by atoms with Crippen LogP contribution in [0.3, 0.4) is 0 Å². The van der Waals surface area contributed by atoms with E-state index in [2.05, 4.69) is 25.8 Å². The fraction of sp³-hybridized carbons (Fsp3) is 0.425. The number of benzene rings is 2. The number of nitrogens with two attached hydrogens (primary N) is 1. The Morgan fingerprint density at radius 1 is 1.02 bits per heavy atom. The van der Waals surface area contributed by atoms with Crippen LogP contribution in [0, 0.1) is 12.3 Å². The number of hydrogen-bond acceptors (Lipinski definition) is 13. The van der Waals surface area contributed by atoms with Crippen LogP contribution >= 0.6 is 11.3 Å². The van der Waals surface area contributed by atoms with Crippen LogP contribution in [0.5, 0.6) is 5.75 Å². The van der Waals surface area contributed by atoms with Crippen LogP contribution in [0.25, 0.3) is 21.7 Å². The van der Waals surface area contributed by atoms with Gasteiger partial charge in [0.1, 0.15) is 31.0 Å².